The first-order valence-corrected chi connectivity index (χ1v) is 9.14. The van der Waals surface area contributed by atoms with Crippen molar-refractivity contribution in [3.05, 3.63) is 91.0 Å². The van der Waals surface area contributed by atoms with E-state index in [1.807, 2.05) is 13.0 Å². The molecule has 8 heteroatoms. The van der Waals surface area contributed by atoms with E-state index in [-0.39, 0.29) is 29.4 Å². The van der Waals surface area contributed by atoms with Crippen molar-refractivity contribution in [3.63, 3.8) is 0 Å². The Morgan fingerprint density at radius 2 is 1.93 bits per heavy atom. The molecule has 150 valence electrons. The van der Waals surface area contributed by atoms with Gasteiger partial charge in [-0.05, 0) is 49.1 Å². The largest absolute Gasteiger partial charge is 0.329 e. The average Bonchev–Trinajstić information content (AvgIpc) is 2.63. The summed E-state index contributed by atoms with van der Waals surface area (Å²) in [5.74, 6) is -1.48. The maximum absolute atomic E-state index is 13.4. The maximum Gasteiger partial charge on any atom is 0.329 e. The quantitative estimate of drug-likeness (QED) is 0.528. The monoisotopic (exact) mass is 396 g/mol. The lowest BCUT2D eigenvalue weighted by Gasteiger charge is -2.17. The Labute approximate surface area is 166 Å². The number of aromatic nitrogens is 4. The van der Waals surface area contributed by atoms with Crippen LogP contribution in [0.15, 0.2) is 40.1 Å². The molecule has 0 bridgehead atoms. The fourth-order valence-corrected chi connectivity index (χ4v) is 3.28. The van der Waals surface area contributed by atoms with Crippen molar-refractivity contribution in [3.8, 4) is 0 Å². The second kappa shape index (κ2) is 7.90. The molecule has 0 aliphatic heterocycles. The number of nitrogens with one attached hydrogen (secondary N) is 1. The van der Waals surface area contributed by atoms with Crippen molar-refractivity contribution < 1.29 is 9.18 Å². The topological polar surface area (TPSA) is 97.7 Å². The van der Waals surface area contributed by atoms with Crippen LogP contribution in [-0.2, 0) is 6.54 Å². The number of hydrogen-bond acceptors (Lipinski definition) is 5. The molecule has 0 aliphatic rings. The molecule has 3 rings (SSSR count). The maximum atomic E-state index is 13.4. The number of rotatable bonds is 5. The molecule has 0 fully saturated rings. The van der Waals surface area contributed by atoms with Crippen LogP contribution in [0.4, 0.5) is 4.39 Å². The highest BCUT2D eigenvalue weighted by Gasteiger charge is 2.25. The summed E-state index contributed by atoms with van der Waals surface area (Å²) >= 11 is 0. The van der Waals surface area contributed by atoms with E-state index in [4.69, 9.17) is 0 Å². The third-order valence-corrected chi connectivity index (χ3v) is 4.49. The fourth-order valence-electron chi connectivity index (χ4n) is 3.28. The van der Waals surface area contributed by atoms with Crippen LogP contribution >= 0.6 is 0 Å². The highest BCUT2D eigenvalue weighted by Crippen LogP contribution is 2.19. The fraction of sp³-hybridized carbons (Fsp3) is 0.286. The molecule has 0 saturated carbocycles. The van der Waals surface area contributed by atoms with Gasteiger partial charge >= 0.3 is 5.69 Å². The second-order valence-electron chi connectivity index (χ2n) is 7.25. The summed E-state index contributed by atoms with van der Waals surface area (Å²) in [6.07, 6.45) is 1.28. The SMILES string of the molecule is Cc1cc(C)nc(C(=O)c2c(C(C)C)c(=O)[nH]c(=O)n2Cc2ccc(F)nc2)c1. The van der Waals surface area contributed by atoms with Gasteiger partial charge < -0.3 is 0 Å². The molecule has 0 aliphatic carbocycles. The van der Waals surface area contributed by atoms with E-state index in [9.17, 15) is 18.8 Å². The number of carbonyl (C=O) groups excluding carboxylic acids is 1. The normalized spacial score (nSPS) is 11.1. The number of carbonyl (C=O) groups is 1. The van der Waals surface area contributed by atoms with Gasteiger partial charge in [0.05, 0.1) is 6.54 Å². The van der Waals surface area contributed by atoms with E-state index in [0.29, 0.717) is 11.3 Å². The molecule has 0 aromatic carbocycles. The van der Waals surface area contributed by atoms with Crippen LogP contribution in [0.2, 0.25) is 0 Å². The van der Waals surface area contributed by atoms with Crippen molar-refractivity contribution in [1.82, 2.24) is 19.5 Å². The second-order valence-corrected chi connectivity index (χ2v) is 7.25. The van der Waals surface area contributed by atoms with Gasteiger partial charge in [-0.15, -0.1) is 0 Å². The molecule has 3 aromatic heterocycles. The average molecular weight is 396 g/mol. The first-order valence-electron chi connectivity index (χ1n) is 9.14. The van der Waals surface area contributed by atoms with Gasteiger partial charge in [0.1, 0.15) is 11.4 Å². The Hall–Kier alpha value is -3.42. The lowest BCUT2D eigenvalue weighted by molar-refractivity contribution is 0.102. The van der Waals surface area contributed by atoms with E-state index in [1.165, 1.54) is 22.9 Å². The zero-order valence-electron chi connectivity index (χ0n) is 16.6. The number of hydrogen-bond donors (Lipinski definition) is 1. The third-order valence-electron chi connectivity index (χ3n) is 4.49. The highest BCUT2D eigenvalue weighted by atomic mass is 19.1. The zero-order chi connectivity index (χ0) is 21.3. The summed E-state index contributed by atoms with van der Waals surface area (Å²) < 4.78 is 14.3. The first-order chi connectivity index (χ1) is 13.7. The molecule has 7 nitrogen and oxygen atoms in total. The molecule has 1 N–H and O–H groups in total. The molecular formula is C21H21FN4O3. The van der Waals surface area contributed by atoms with E-state index < -0.39 is 23.0 Å². The smallest absolute Gasteiger partial charge is 0.285 e. The highest BCUT2D eigenvalue weighted by molar-refractivity contribution is 6.07. The Morgan fingerprint density at radius 3 is 2.52 bits per heavy atom. The van der Waals surface area contributed by atoms with E-state index in [2.05, 4.69) is 15.0 Å². The van der Waals surface area contributed by atoms with Gasteiger partial charge in [0.25, 0.3) is 5.56 Å². The van der Waals surface area contributed by atoms with E-state index >= 15 is 0 Å². The lowest BCUT2D eigenvalue weighted by Crippen LogP contribution is -2.38. The number of ketones is 1. The van der Waals surface area contributed by atoms with Crippen LogP contribution < -0.4 is 11.2 Å². The van der Waals surface area contributed by atoms with Crippen LogP contribution in [0.5, 0.6) is 0 Å². The van der Waals surface area contributed by atoms with Gasteiger partial charge in [0, 0.05) is 17.5 Å². The number of aromatic amines is 1. The van der Waals surface area contributed by atoms with Gasteiger partial charge in [-0.3, -0.25) is 19.1 Å². The first kappa shape index (κ1) is 20.3. The predicted molar refractivity (Wildman–Crippen MR) is 106 cm³/mol. The Bertz CT molecular complexity index is 1170. The summed E-state index contributed by atoms with van der Waals surface area (Å²) in [7, 11) is 0. The van der Waals surface area contributed by atoms with Crippen LogP contribution in [0.25, 0.3) is 0 Å². The predicted octanol–water partition coefficient (Wildman–Crippen LogP) is 2.49. The van der Waals surface area contributed by atoms with E-state index in [1.54, 1.807) is 26.8 Å². The molecule has 0 atom stereocenters. The minimum absolute atomic E-state index is 0.0180. The molecule has 3 heterocycles. The number of aryl methyl sites for hydroxylation is 2. The Kier molecular flexibility index (Phi) is 5.54. The number of pyridine rings is 2. The molecule has 0 amide bonds. The van der Waals surface area contributed by atoms with Gasteiger partial charge in [-0.25, -0.2) is 14.8 Å². The van der Waals surface area contributed by atoms with Crippen molar-refractivity contribution in [2.24, 2.45) is 0 Å². The van der Waals surface area contributed by atoms with Crippen molar-refractivity contribution in [1.29, 1.82) is 0 Å². The Balaban J connectivity index is 2.26. The van der Waals surface area contributed by atoms with Gasteiger partial charge in [-0.1, -0.05) is 19.9 Å². The number of nitrogens with zero attached hydrogens (tertiary/aromatic N) is 3. The van der Waals surface area contributed by atoms with Crippen LogP contribution in [0, 0.1) is 19.8 Å². The molecule has 3 aromatic rings. The van der Waals surface area contributed by atoms with Crippen molar-refractivity contribution in [2.45, 2.75) is 40.2 Å². The summed E-state index contributed by atoms with van der Waals surface area (Å²) in [5.41, 5.74) is 1.01. The minimum atomic E-state index is -0.726. The van der Waals surface area contributed by atoms with Gasteiger partial charge in [-0.2, -0.15) is 4.39 Å². The van der Waals surface area contributed by atoms with Gasteiger partial charge in [0.15, 0.2) is 0 Å². The summed E-state index contributed by atoms with van der Waals surface area (Å²) in [5, 5.41) is 0. The minimum Gasteiger partial charge on any atom is -0.285 e. The van der Waals surface area contributed by atoms with Crippen molar-refractivity contribution in [2.75, 3.05) is 0 Å². The van der Waals surface area contributed by atoms with Gasteiger partial charge in [0.2, 0.25) is 11.7 Å². The number of H-pyrrole nitrogens is 1. The van der Waals surface area contributed by atoms with Crippen LogP contribution in [0.1, 0.15) is 58.3 Å². The standard InChI is InChI=1S/C21H21FN4O3/c1-11(2)17-18(19(27)15-8-12(3)7-13(4)24-15)26(21(29)25-20(17)28)10-14-5-6-16(22)23-9-14/h5-9,11H,10H2,1-4H3,(H,25,28,29). The third kappa shape index (κ3) is 4.21. The summed E-state index contributed by atoms with van der Waals surface area (Å²) in [6.45, 7) is 7.09. The Morgan fingerprint density at radius 1 is 1.21 bits per heavy atom. The van der Waals surface area contributed by atoms with E-state index in [0.717, 1.165) is 5.56 Å². The molecule has 0 saturated heterocycles. The van der Waals surface area contributed by atoms with Crippen LogP contribution in [-0.4, -0.2) is 25.3 Å². The molecular weight excluding hydrogens is 375 g/mol. The van der Waals surface area contributed by atoms with Crippen molar-refractivity contribution >= 4 is 5.78 Å². The molecule has 0 spiro atoms. The molecule has 29 heavy (non-hydrogen) atoms. The summed E-state index contributed by atoms with van der Waals surface area (Å²) in [6, 6.07) is 6.09. The molecule has 0 unspecified atom stereocenters. The van der Waals surface area contributed by atoms with Crippen LogP contribution in [0.3, 0.4) is 0 Å². The zero-order valence-corrected chi connectivity index (χ0v) is 16.6. The summed E-state index contributed by atoms with van der Waals surface area (Å²) in [4.78, 5) is 48.7. The lowest BCUT2D eigenvalue weighted by atomic mass is 9.98. The number of halogens is 1. The molecule has 0 radical (unpaired) electrons.